The molecule has 0 fully saturated rings. The second kappa shape index (κ2) is 8.06. The summed E-state index contributed by atoms with van der Waals surface area (Å²) in [7, 11) is 1.61. The zero-order valence-electron chi connectivity index (χ0n) is 20.5. The van der Waals surface area contributed by atoms with Gasteiger partial charge in [-0.15, -0.1) is 5.10 Å². The van der Waals surface area contributed by atoms with Crippen LogP contribution in [0, 0.1) is 0 Å². The van der Waals surface area contributed by atoms with Gasteiger partial charge in [-0.2, -0.15) is 0 Å². The molecule has 3 aromatic heterocycles. The van der Waals surface area contributed by atoms with Crippen LogP contribution in [0.15, 0.2) is 82.3 Å². The van der Waals surface area contributed by atoms with Crippen LogP contribution in [0.2, 0.25) is 0 Å². The largest absolute Gasteiger partial charge is 0.497 e. The molecule has 2 aliphatic rings. The van der Waals surface area contributed by atoms with E-state index < -0.39 is 11.5 Å². The van der Waals surface area contributed by atoms with Gasteiger partial charge in [-0.05, 0) is 48.0 Å². The Kier molecular flexibility index (Phi) is 4.48. The summed E-state index contributed by atoms with van der Waals surface area (Å²) >= 11 is 0. The van der Waals surface area contributed by atoms with E-state index in [1.165, 1.54) is 0 Å². The highest BCUT2D eigenvalue weighted by Gasteiger charge is 2.37. The zero-order chi connectivity index (χ0) is 26.1. The van der Waals surface area contributed by atoms with Crippen LogP contribution in [0.4, 0.5) is 0 Å². The van der Waals surface area contributed by atoms with Gasteiger partial charge in [-0.25, -0.2) is 19.3 Å². The fraction of sp³-hybridized carbons (Fsp3) is 0.103. The van der Waals surface area contributed by atoms with Crippen LogP contribution in [-0.4, -0.2) is 33.5 Å². The number of methoxy groups -OCH3 is 1. The first-order valence-corrected chi connectivity index (χ1v) is 12.2. The molecule has 190 valence electrons. The average molecular weight is 518 g/mol. The zero-order valence-corrected chi connectivity index (χ0v) is 20.5. The molecule has 10 heteroatoms. The number of benzene rings is 3. The number of para-hydroxylation sites is 1. The molecule has 0 bridgehead atoms. The first kappa shape index (κ1) is 21.7. The maximum atomic E-state index is 13.5. The maximum Gasteiger partial charge on any atom is 0.344 e. The molecule has 0 radical (unpaired) electrons. The molecule has 5 heterocycles. The van der Waals surface area contributed by atoms with Gasteiger partial charge in [-0.1, -0.05) is 24.3 Å². The number of hydrogen-bond acceptors (Lipinski definition) is 9. The molecule has 0 amide bonds. The third-order valence-corrected chi connectivity index (χ3v) is 7.04. The standard InChI is InChI=1S/C29H18N4O6/c1-35-17-9-6-15(7-10-17)22-23-25(18-4-2-3-5-19(18)38-29(23)34)39-28-24(22)27-31-26(32-33(27)13-30-28)16-8-11-20-21(12-16)37-14-36-20/h2-13,22H,14H2,1H3. The Bertz CT molecular complexity index is 2000. The SMILES string of the molecule is COc1ccc(C2c3c(c4ccccc4oc3=O)Oc3ncn4nc(-c5ccc6c(c5)OCO6)nc4c32)cc1. The first-order chi connectivity index (χ1) is 19.2. The minimum atomic E-state index is -0.583. The van der Waals surface area contributed by atoms with Crippen LogP contribution in [0.5, 0.6) is 28.9 Å². The molecule has 0 N–H and O–H groups in total. The molecule has 2 aliphatic heterocycles. The van der Waals surface area contributed by atoms with Gasteiger partial charge in [-0.3, -0.25) is 0 Å². The maximum absolute atomic E-state index is 13.5. The van der Waals surface area contributed by atoms with E-state index in [4.69, 9.17) is 28.3 Å². The van der Waals surface area contributed by atoms with Gasteiger partial charge in [0.05, 0.1) is 29.5 Å². The predicted molar refractivity (Wildman–Crippen MR) is 139 cm³/mol. The molecule has 39 heavy (non-hydrogen) atoms. The first-order valence-electron chi connectivity index (χ1n) is 12.2. The molecular formula is C29H18N4O6. The second-order valence-electron chi connectivity index (χ2n) is 9.17. The summed E-state index contributed by atoms with van der Waals surface area (Å²) in [6.07, 6.45) is 1.56. The Morgan fingerprint density at radius 1 is 0.974 bits per heavy atom. The van der Waals surface area contributed by atoms with Crippen molar-refractivity contribution in [2.45, 2.75) is 5.92 Å². The molecule has 0 saturated heterocycles. The van der Waals surface area contributed by atoms with Crippen LogP contribution >= 0.6 is 0 Å². The second-order valence-corrected chi connectivity index (χ2v) is 9.17. The van der Waals surface area contributed by atoms with Crippen LogP contribution in [-0.2, 0) is 0 Å². The normalized spacial score (nSPS) is 15.2. The van der Waals surface area contributed by atoms with E-state index in [0.717, 1.165) is 11.1 Å². The minimum absolute atomic E-state index is 0.173. The van der Waals surface area contributed by atoms with E-state index in [9.17, 15) is 4.79 Å². The Morgan fingerprint density at radius 3 is 2.69 bits per heavy atom. The van der Waals surface area contributed by atoms with Crippen molar-refractivity contribution in [1.82, 2.24) is 19.6 Å². The molecule has 0 aliphatic carbocycles. The van der Waals surface area contributed by atoms with Crippen molar-refractivity contribution >= 4 is 16.6 Å². The van der Waals surface area contributed by atoms with E-state index in [2.05, 4.69) is 10.1 Å². The third-order valence-electron chi connectivity index (χ3n) is 7.04. The molecule has 0 spiro atoms. The highest BCUT2D eigenvalue weighted by Crippen LogP contribution is 2.49. The highest BCUT2D eigenvalue weighted by molar-refractivity contribution is 5.87. The van der Waals surface area contributed by atoms with Crippen LogP contribution < -0.4 is 24.6 Å². The summed E-state index contributed by atoms with van der Waals surface area (Å²) in [5.41, 5.74) is 3.00. The third kappa shape index (κ3) is 3.21. The van der Waals surface area contributed by atoms with Crippen molar-refractivity contribution in [3.63, 3.8) is 0 Å². The summed E-state index contributed by atoms with van der Waals surface area (Å²) < 4.78 is 30.0. The van der Waals surface area contributed by atoms with Gasteiger partial charge < -0.3 is 23.4 Å². The number of ether oxygens (including phenoxy) is 4. The van der Waals surface area contributed by atoms with Gasteiger partial charge in [0.1, 0.15) is 17.7 Å². The lowest BCUT2D eigenvalue weighted by molar-refractivity contribution is 0.174. The number of rotatable bonds is 3. The predicted octanol–water partition coefficient (Wildman–Crippen LogP) is 4.92. The summed E-state index contributed by atoms with van der Waals surface area (Å²) in [6, 6.07) is 20.3. The Morgan fingerprint density at radius 2 is 1.82 bits per heavy atom. The van der Waals surface area contributed by atoms with Crippen molar-refractivity contribution in [2.24, 2.45) is 0 Å². The van der Waals surface area contributed by atoms with Gasteiger partial charge in [0.2, 0.25) is 12.7 Å². The lowest BCUT2D eigenvalue weighted by atomic mass is 9.84. The molecule has 10 nitrogen and oxygen atoms in total. The Hall–Kier alpha value is -5.38. The van der Waals surface area contributed by atoms with Crippen LogP contribution in [0.3, 0.4) is 0 Å². The van der Waals surface area contributed by atoms with E-state index >= 15 is 0 Å². The fourth-order valence-corrected chi connectivity index (χ4v) is 5.22. The van der Waals surface area contributed by atoms with Crippen molar-refractivity contribution in [2.75, 3.05) is 13.9 Å². The van der Waals surface area contributed by atoms with Gasteiger partial charge in [0.25, 0.3) is 0 Å². The highest BCUT2D eigenvalue weighted by atomic mass is 16.7. The molecule has 3 aromatic carbocycles. The van der Waals surface area contributed by atoms with Crippen LogP contribution in [0.25, 0.3) is 28.0 Å². The van der Waals surface area contributed by atoms with Crippen LogP contribution in [0.1, 0.15) is 22.6 Å². The average Bonchev–Trinajstić information content (AvgIpc) is 3.63. The number of nitrogens with zero attached hydrogens (tertiary/aromatic N) is 4. The lowest BCUT2D eigenvalue weighted by Crippen LogP contribution is -2.22. The summed E-state index contributed by atoms with van der Waals surface area (Å²) in [5.74, 6) is 2.64. The quantitative estimate of drug-likeness (QED) is 0.301. The van der Waals surface area contributed by atoms with Crippen molar-refractivity contribution in [1.29, 1.82) is 0 Å². The molecule has 0 saturated carbocycles. The monoisotopic (exact) mass is 518 g/mol. The van der Waals surface area contributed by atoms with E-state index in [-0.39, 0.29) is 6.79 Å². The van der Waals surface area contributed by atoms with Gasteiger partial charge in [0, 0.05) is 5.56 Å². The topological polar surface area (TPSA) is 110 Å². The molecule has 1 atom stereocenters. The molecule has 1 unspecified atom stereocenters. The van der Waals surface area contributed by atoms with Crippen molar-refractivity contribution < 1.29 is 23.4 Å². The minimum Gasteiger partial charge on any atom is -0.497 e. The van der Waals surface area contributed by atoms with E-state index in [0.29, 0.717) is 62.4 Å². The number of fused-ring (bicyclic) bond motifs is 7. The number of hydrogen-bond donors (Lipinski definition) is 0. The van der Waals surface area contributed by atoms with Gasteiger partial charge in [0.15, 0.2) is 28.7 Å². The van der Waals surface area contributed by atoms with Gasteiger partial charge >= 0.3 is 5.63 Å². The molecular weight excluding hydrogens is 500 g/mol. The summed E-state index contributed by atoms with van der Waals surface area (Å²) in [6.45, 7) is 0.173. The van der Waals surface area contributed by atoms with E-state index in [1.54, 1.807) is 24.0 Å². The molecule has 8 rings (SSSR count). The Labute approximate surface area is 220 Å². The number of aromatic nitrogens is 4. The molecule has 6 aromatic rings. The van der Waals surface area contributed by atoms with Crippen molar-refractivity contribution in [3.8, 4) is 40.3 Å². The Balaban J connectivity index is 1.39. The smallest absolute Gasteiger partial charge is 0.344 e. The fourth-order valence-electron chi connectivity index (χ4n) is 5.22. The van der Waals surface area contributed by atoms with Crippen molar-refractivity contribution in [3.05, 3.63) is 100 Å². The summed E-state index contributed by atoms with van der Waals surface area (Å²) in [5, 5.41) is 5.35. The summed E-state index contributed by atoms with van der Waals surface area (Å²) in [4.78, 5) is 23.0. The van der Waals surface area contributed by atoms with E-state index in [1.807, 2.05) is 60.7 Å². The lowest BCUT2D eigenvalue weighted by Gasteiger charge is -2.27.